The van der Waals surface area contributed by atoms with Gasteiger partial charge in [-0.1, -0.05) is 20.8 Å². The molecule has 0 fully saturated rings. The summed E-state index contributed by atoms with van der Waals surface area (Å²) in [5.74, 6) is -0.941. The smallest absolute Gasteiger partial charge is 0.550 e. The van der Waals surface area contributed by atoms with Crippen molar-refractivity contribution in [2.45, 2.75) is 40.0 Å². The summed E-state index contributed by atoms with van der Waals surface area (Å²) in [6, 6.07) is 0. The predicted molar refractivity (Wildman–Crippen MR) is 38.3 cm³/mol. The molecule has 0 aromatic heterocycles. The first kappa shape index (κ1) is 13.8. The minimum absolute atomic E-state index is 0. The van der Waals surface area contributed by atoms with Crippen LogP contribution in [0.15, 0.2) is 0 Å². The van der Waals surface area contributed by atoms with E-state index in [1.807, 2.05) is 0 Å². The summed E-state index contributed by atoms with van der Waals surface area (Å²) in [4.78, 5) is 9.97. The van der Waals surface area contributed by atoms with Gasteiger partial charge in [0, 0.05) is 5.97 Å². The molecule has 0 aliphatic heterocycles. The number of carboxylic acids is 1. The van der Waals surface area contributed by atoms with Crippen molar-refractivity contribution in [3.8, 4) is 0 Å². The van der Waals surface area contributed by atoms with E-state index in [4.69, 9.17) is 0 Å². The third-order valence-corrected chi connectivity index (χ3v) is 1.31. The number of carboxylic acid groups (broad SMARTS) is 1. The Hall–Kier alpha value is 0.210. The standard InChI is InChI=1S/C8H16O2.Ag/c1-8(2,3)6-4-5-7(9)10;/h4-6H2,1-3H3,(H,9,10);/q;+1/p-1. The average Bonchev–Trinajstić information content (AvgIpc) is 1.59. The zero-order chi connectivity index (χ0) is 8.20. The first-order valence-electron chi connectivity index (χ1n) is 3.62. The van der Waals surface area contributed by atoms with Crippen LogP contribution < -0.4 is 5.11 Å². The molecule has 0 aliphatic carbocycles. The molecule has 0 heterocycles. The summed E-state index contributed by atoms with van der Waals surface area (Å²) < 4.78 is 0. The number of aliphatic carboxylic acids is 1. The number of hydrogen-bond donors (Lipinski definition) is 0. The Kier molecular flexibility index (Phi) is 7.28. The van der Waals surface area contributed by atoms with Crippen LogP contribution in [0.25, 0.3) is 0 Å². The van der Waals surface area contributed by atoms with Crippen LogP contribution in [0.1, 0.15) is 40.0 Å². The van der Waals surface area contributed by atoms with E-state index in [-0.39, 0.29) is 34.2 Å². The van der Waals surface area contributed by atoms with E-state index in [9.17, 15) is 9.90 Å². The molecule has 0 saturated carbocycles. The molecule has 0 aromatic carbocycles. The molecule has 0 bridgehead atoms. The molecule has 3 heteroatoms. The maximum Gasteiger partial charge on any atom is 1.00 e. The third-order valence-electron chi connectivity index (χ3n) is 1.31. The van der Waals surface area contributed by atoms with Crippen LogP contribution in [0.2, 0.25) is 0 Å². The van der Waals surface area contributed by atoms with Gasteiger partial charge in [-0.2, -0.15) is 0 Å². The minimum Gasteiger partial charge on any atom is -0.550 e. The quantitative estimate of drug-likeness (QED) is 0.700. The normalized spacial score (nSPS) is 10.5. The van der Waals surface area contributed by atoms with Gasteiger partial charge in [0.15, 0.2) is 0 Å². The summed E-state index contributed by atoms with van der Waals surface area (Å²) in [6.45, 7) is 6.30. The van der Waals surface area contributed by atoms with Crippen molar-refractivity contribution in [3.05, 3.63) is 0 Å². The van der Waals surface area contributed by atoms with Crippen LogP contribution >= 0.6 is 0 Å². The van der Waals surface area contributed by atoms with Gasteiger partial charge in [0.05, 0.1) is 0 Å². The van der Waals surface area contributed by atoms with Crippen LogP contribution in [-0.2, 0) is 27.2 Å². The molecule has 0 N–H and O–H groups in total. The zero-order valence-corrected chi connectivity index (χ0v) is 8.72. The van der Waals surface area contributed by atoms with Gasteiger partial charge in [-0.25, -0.2) is 0 Å². The first-order valence-corrected chi connectivity index (χ1v) is 3.62. The molecule has 0 unspecified atom stereocenters. The fraction of sp³-hybridized carbons (Fsp3) is 0.875. The summed E-state index contributed by atoms with van der Waals surface area (Å²) in [5.41, 5.74) is 0.245. The zero-order valence-electron chi connectivity index (χ0n) is 7.24. The van der Waals surface area contributed by atoms with Crippen molar-refractivity contribution in [2.75, 3.05) is 0 Å². The van der Waals surface area contributed by atoms with Crippen LogP contribution in [0.4, 0.5) is 0 Å². The molecule has 0 radical (unpaired) electrons. The summed E-state index contributed by atoms with van der Waals surface area (Å²) >= 11 is 0. The van der Waals surface area contributed by atoms with E-state index in [0.29, 0.717) is 0 Å². The second-order valence-corrected chi connectivity index (χ2v) is 3.79. The summed E-state index contributed by atoms with van der Waals surface area (Å²) in [6.07, 6.45) is 1.87. The molecular weight excluding hydrogens is 236 g/mol. The minimum atomic E-state index is -0.941. The van der Waals surface area contributed by atoms with Gasteiger partial charge < -0.3 is 9.90 Å². The largest absolute Gasteiger partial charge is 1.00 e. The fourth-order valence-corrected chi connectivity index (χ4v) is 0.763. The van der Waals surface area contributed by atoms with Crippen LogP contribution in [0.5, 0.6) is 0 Å². The van der Waals surface area contributed by atoms with Gasteiger partial charge in [-0.3, -0.25) is 0 Å². The Balaban J connectivity index is 0. The number of carbonyl (C=O) groups excluding carboxylic acids is 1. The van der Waals surface area contributed by atoms with Crippen molar-refractivity contribution >= 4 is 5.97 Å². The maximum atomic E-state index is 9.97. The Morgan fingerprint density at radius 1 is 1.36 bits per heavy atom. The Morgan fingerprint density at radius 3 is 2.09 bits per heavy atom. The third kappa shape index (κ3) is 13.2. The predicted octanol–water partition coefficient (Wildman–Crippen LogP) is 0.950. The van der Waals surface area contributed by atoms with Gasteiger partial charge in [0.2, 0.25) is 0 Å². The van der Waals surface area contributed by atoms with E-state index in [1.165, 1.54) is 0 Å². The Labute approximate surface area is 83.9 Å². The molecule has 0 atom stereocenters. The number of rotatable bonds is 3. The van der Waals surface area contributed by atoms with Crippen LogP contribution in [0.3, 0.4) is 0 Å². The molecule has 2 nitrogen and oxygen atoms in total. The number of hydrogen-bond acceptors (Lipinski definition) is 2. The molecule has 11 heavy (non-hydrogen) atoms. The van der Waals surface area contributed by atoms with Gasteiger partial charge in [0.25, 0.3) is 0 Å². The second kappa shape index (κ2) is 5.81. The van der Waals surface area contributed by atoms with Crippen molar-refractivity contribution in [2.24, 2.45) is 5.41 Å². The van der Waals surface area contributed by atoms with Crippen LogP contribution in [-0.4, -0.2) is 5.97 Å². The first-order chi connectivity index (χ1) is 4.42. The van der Waals surface area contributed by atoms with Crippen molar-refractivity contribution in [3.63, 3.8) is 0 Å². The van der Waals surface area contributed by atoms with Crippen molar-refractivity contribution < 1.29 is 32.3 Å². The van der Waals surface area contributed by atoms with Gasteiger partial charge in [-0.15, -0.1) is 0 Å². The van der Waals surface area contributed by atoms with Crippen molar-refractivity contribution in [1.29, 1.82) is 0 Å². The maximum absolute atomic E-state index is 9.97. The SMILES string of the molecule is CC(C)(C)CCCC(=O)[O-].[Ag+]. The molecule has 0 aromatic rings. The van der Waals surface area contributed by atoms with Gasteiger partial charge >= 0.3 is 22.4 Å². The van der Waals surface area contributed by atoms with Gasteiger partial charge in [-0.05, 0) is 24.7 Å². The molecule has 0 aliphatic rings. The van der Waals surface area contributed by atoms with Crippen molar-refractivity contribution in [1.82, 2.24) is 0 Å². The molecule has 0 rings (SSSR count). The van der Waals surface area contributed by atoms with Crippen LogP contribution in [0, 0.1) is 5.41 Å². The van der Waals surface area contributed by atoms with E-state index in [0.717, 1.165) is 12.8 Å². The molecule has 0 saturated heterocycles. The summed E-state index contributed by atoms with van der Waals surface area (Å²) in [5, 5.41) is 9.97. The monoisotopic (exact) mass is 250 g/mol. The van der Waals surface area contributed by atoms with E-state index in [1.54, 1.807) is 0 Å². The molecular formula is C8H15AgO2. The molecule has 0 spiro atoms. The average molecular weight is 251 g/mol. The Bertz CT molecular complexity index is 116. The topological polar surface area (TPSA) is 40.1 Å². The van der Waals surface area contributed by atoms with E-state index in [2.05, 4.69) is 20.8 Å². The summed E-state index contributed by atoms with van der Waals surface area (Å²) in [7, 11) is 0. The van der Waals surface area contributed by atoms with E-state index < -0.39 is 5.97 Å². The Morgan fingerprint density at radius 2 is 1.82 bits per heavy atom. The number of carbonyl (C=O) groups is 1. The van der Waals surface area contributed by atoms with E-state index >= 15 is 0 Å². The molecule has 0 amide bonds. The van der Waals surface area contributed by atoms with Gasteiger partial charge in [0.1, 0.15) is 0 Å². The fourth-order valence-electron chi connectivity index (χ4n) is 0.763. The molecule has 70 valence electrons. The second-order valence-electron chi connectivity index (χ2n) is 3.79.